The first-order valence-electron chi connectivity index (χ1n) is 8.82. The lowest BCUT2D eigenvalue weighted by molar-refractivity contribution is -0.0465. The van der Waals surface area contributed by atoms with Crippen molar-refractivity contribution in [2.24, 2.45) is 7.05 Å². The highest BCUT2D eigenvalue weighted by Crippen LogP contribution is 2.36. The molecule has 1 saturated heterocycles. The number of morpholine rings is 1. The van der Waals surface area contributed by atoms with Gasteiger partial charge in [0, 0.05) is 42.1 Å². The van der Waals surface area contributed by atoms with Crippen LogP contribution in [-0.4, -0.2) is 41.6 Å². The number of aryl methyl sites for hydroxylation is 2. The molecule has 1 atom stereocenters. The number of nitrogens with zero attached hydrogens (tertiary/aromatic N) is 4. The van der Waals surface area contributed by atoms with Crippen LogP contribution in [0.15, 0.2) is 36.7 Å². The molecule has 4 rings (SSSR count). The SMILES string of the molecule is COc1cccc2c(N3CCOC(C)(c4cnn(C)c4)C3)cc(C)nc12. The summed E-state index contributed by atoms with van der Waals surface area (Å²) >= 11 is 0. The Bertz CT molecular complexity index is 952. The topological polar surface area (TPSA) is 52.4 Å². The summed E-state index contributed by atoms with van der Waals surface area (Å²) in [4.78, 5) is 7.09. The molecule has 6 heteroatoms. The minimum Gasteiger partial charge on any atom is -0.494 e. The smallest absolute Gasteiger partial charge is 0.145 e. The average molecular weight is 352 g/mol. The van der Waals surface area contributed by atoms with E-state index in [1.54, 1.807) is 7.11 Å². The van der Waals surface area contributed by atoms with Gasteiger partial charge in [-0.1, -0.05) is 12.1 Å². The van der Waals surface area contributed by atoms with Crippen LogP contribution in [0.3, 0.4) is 0 Å². The van der Waals surface area contributed by atoms with Gasteiger partial charge in [-0.15, -0.1) is 0 Å². The van der Waals surface area contributed by atoms with E-state index < -0.39 is 5.60 Å². The molecule has 0 N–H and O–H groups in total. The van der Waals surface area contributed by atoms with Crippen molar-refractivity contribution in [1.82, 2.24) is 14.8 Å². The van der Waals surface area contributed by atoms with Crippen LogP contribution in [0.5, 0.6) is 5.75 Å². The zero-order valence-corrected chi connectivity index (χ0v) is 15.7. The van der Waals surface area contributed by atoms with E-state index in [2.05, 4.69) is 29.1 Å². The summed E-state index contributed by atoms with van der Waals surface area (Å²) in [6.45, 7) is 6.42. The van der Waals surface area contributed by atoms with Gasteiger partial charge in [-0.3, -0.25) is 4.68 Å². The Morgan fingerprint density at radius 3 is 2.88 bits per heavy atom. The number of hydrogen-bond donors (Lipinski definition) is 0. The number of pyridine rings is 1. The van der Waals surface area contributed by atoms with Gasteiger partial charge >= 0.3 is 0 Å². The second-order valence-electron chi connectivity index (χ2n) is 7.04. The Kier molecular flexibility index (Phi) is 4.07. The number of methoxy groups -OCH3 is 1. The van der Waals surface area contributed by atoms with E-state index in [0.29, 0.717) is 6.61 Å². The first-order valence-corrected chi connectivity index (χ1v) is 8.82. The monoisotopic (exact) mass is 352 g/mol. The summed E-state index contributed by atoms with van der Waals surface area (Å²) in [7, 11) is 3.62. The lowest BCUT2D eigenvalue weighted by atomic mass is 9.96. The molecule has 3 aromatic rings. The largest absolute Gasteiger partial charge is 0.494 e. The minimum absolute atomic E-state index is 0.394. The number of benzene rings is 1. The molecule has 0 spiro atoms. The van der Waals surface area contributed by atoms with E-state index in [-0.39, 0.29) is 0 Å². The predicted molar refractivity (Wildman–Crippen MR) is 102 cm³/mol. The molecule has 1 fully saturated rings. The number of anilines is 1. The van der Waals surface area contributed by atoms with Crippen molar-refractivity contribution in [3.8, 4) is 5.75 Å². The number of ether oxygens (including phenoxy) is 2. The molecule has 1 unspecified atom stereocenters. The number of para-hydroxylation sites is 1. The Morgan fingerprint density at radius 1 is 1.31 bits per heavy atom. The van der Waals surface area contributed by atoms with E-state index in [0.717, 1.165) is 41.0 Å². The summed E-state index contributed by atoms with van der Waals surface area (Å²) in [5.74, 6) is 0.802. The summed E-state index contributed by atoms with van der Waals surface area (Å²) < 4.78 is 13.5. The van der Waals surface area contributed by atoms with Gasteiger partial charge in [0.05, 0.1) is 26.5 Å². The Hall–Kier alpha value is -2.60. The highest BCUT2D eigenvalue weighted by molar-refractivity contribution is 5.95. The number of hydrogen-bond acceptors (Lipinski definition) is 5. The number of fused-ring (bicyclic) bond motifs is 1. The third-order valence-corrected chi connectivity index (χ3v) is 5.06. The summed E-state index contributed by atoms with van der Waals surface area (Å²) in [5.41, 5.74) is 3.75. The molecule has 3 heterocycles. The lowest BCUT2D eigenvalue weighted by Crippen LogP contribution is -2.48. The van der Waals surface area contributed by atoms with Crippen molar-refractivity contribution in [1.29, 1.82) is 0 Å². The van der Waals surface area contributed by atoms with Crippen molar-refractivity contribution in [2.45, 2.75) is 19.4 Å². The van der Waals surface area contributed by atoms with Crippen molar-refractivity contribution < 1.29 is 9.47 Å². The molecule has 1 aliphatic rings. The van der Waals surface area contributed by atoms with Crippen LogP contribution in [0.1, 0.15) is 18.2 Å². The second-order valence-corrected chi connectivity index (χ2v) is 7.04. The quantitative estimate of drug-likeness (QED) is 0.725. The van der Waals surface area contributed by atoms with Gasteiger partial charge in [0.25, 0.3) is 0 Å². The third kappa shape index (κ3) is 2.80. The van der Waals surface area contributed by atoms with Gasteiger partial charge in [-0.05, 0) is 26.0 Å². The number of rotatable bonds is 3. The molecule has 1 aliphatic heterocycles. The van der Waals surface area contributed by atoms with Crippen molar-refractivity contribution in [3.63, 3.8) is 0 Å². The fourth-order valence-electron chi connectivity index (χ4n) is 3.70. The minimum atomic E-state index is -0.394. The maximum Gasteiger partial charge on any atom is 0.145 e. The molecular formula is C20H24N4O2. The lowest BCUT2D eigenvalue weighted by Gasteiger charge is -2.41. The van der Waals surface area contributed by atoms with Crippen molar-refractivity contribution in [2.75, 3.05) is 31.7 Å². The molecule has 0 saturated carbocycles. The molecule has 6 nitrogen and oxygen atoms in total. The predicted octanol–water partition coefficient (Wildman–Crippen LogP) is 3.04. The van der Waals surface area contributed by atoms with Crippen LogP contribution in [0.2, 0.25) is 0 Å². The molecule has 136 valence electrons. The van der Waals surface area contributed by atoms with Gasteiger partial charge in [0.1, 0.15) is 16.9 Å². The van der Waals surface area contributed by atoms with E-state index in [1.807, 2.05) is 43.2 Å². The Labute approximate surface area is 153 Å². The first kappa shape index (κ1) is 16.8. The first-order chi connectivity index (χ1) is 12.5. The standard InChI is InChI=1S/C20H24N4O2/c1-14-10-17(16-6-5-7-18(25-4)19(16)22-14)24-8-9-26-20(2,13-24)15-11-21-23(3)12-15/h5-7,10-12H,8-9,13H2,1-4H3. The van der Waals surface area contributed by atoms with Gasteiger partial charge in [0.2, 0.25) is 0 Å². The molecule has 2 aromatic heterocycles. The molecule has 0 radical (unpaired) electrons. The summed E-state index contributed by atoms with van der Waals surface area (Å²) in [5, 5.41) is 5.42. The Morgan fingerprint density at radius 2 is 2.15 bits per heavy atom. The van der Waals surface area contributed by atoms with Crippen LogP contribution < -0.4 is 9.64 Å². The summed E-state index contributed by atoms with van der Waals surface area (Å²) in [6.07, 6.45) is 3.92. The van der Waals surface area contributed by atoms with Crippen LogP contribution in [0.4, 0.5) is 5.69 Å². The highest BCUT2D eigenvalue weighted by Gasteiger charge is 2.35. The van der Waals surface area contributed by atoms with Gasteiger partial charge in [0.15, 0.2) is 0 Å². The van der Waals surface area contributed by atoms with Crippen LogP contribution in [-0.2, 0) is 17.4 Å². The highest BCUT2D eigenvalue weighted by atomic mass is 16.5. The third-order valence-electron chi connectivity index (χ3n) is 5.06. The normalized spacial score (nSPS) is 20.5. The van der Waals surface area contributed by atoms with E-state index in [1.165, 1.54) is 5.69 Å². The zero-order valence-electron chi connectivity index (χ0n) is 15.7. The average Bonchev–Trinajstić information content (AvgIpc) is 3.08. The molecule has 26 heavy (non-hydrogen) atoms. The van der Waals surface area contributed by atoms with Crippen LogP contribution in [0, 0.1) is 6.92 Å². The number of aromatic nitrogens is 3. The summed E-state index contributed by atoms with van der Waals surface area (Å²) in [6, 6.07) is 8.23. The van der Waals surface area contributed by atoms with Crippen molar-refractivity contribution in [3.05, 3.63) is 47.9 Å². The van der Waals surface area contributed by atoms with E-state index in [4.69, 9.17) is 14.5 Å². The fraction of sp³-hybridized carbons (Fsp3) is 0.400. The molecule has 1 aromatic carbocycles. The molecule has 0 amide bonds. The van der Waals surface area contributed by atoms with E-state index >= 15 is 0 Å². The van der Waals surface area contributed by atoms with E-state index in [9.17, 15) is 0 Å². The maximum absolute atomic E-state index is 6.17. The van der Waals surface area contributed by atoms with Gasteiger partial charge < -0.3 is 14.4 Å². The maximum atomic E-state index is 6.17. The fourth-order valence-corrected chi connectivity index (χ4v) is 3.70. The van der Waals surface area contributed by atoms with Crippen LogP contribution >= 0.6 is 0 Å². The molecule has 0 aliphatic carbocycles. The zero-order chi connectivity index (χ0) is 18.3. The van der Waals surface area contributed by atoms with Gasteiger partial charge in [-0.25, -0.2) is 4.98 Å². The second kappa shape index (κ2) is 6.29. The molecular weight excluding hydrogens is 328 g/mol. The van der Waals surface area contributed by atoms with Gasteiger partial charge in [-0.2, -0.15) is 5.10 Å². The van der Waals surface area contributed by atoms with Crippen LogP contribution in [0.25, 0.3) is 10.9 Å². The molecule has 0 bridgehead atoms. The Balaban J connectivity index is 1.78. The van der Waals surface area contributed by atoms with Crippen molar-refractivity contribution >= 4 is 16.6 Å².